The Kier molecular flexibility index (Phi) is 3.73. The molecule has 0 fully saturated rings. The standard InChI is InChI=1S/C14H12ClF3N2/c1-7-4-8(2)12(9(3)5-7)10-6-11(15)20-13(19-10)14(16,17)18/h4-6H,1-3H3. The maximum Gasteiger partial charge on any atom is 0.451 e. The maximum atomic E-state index is 12.7. The fourth-order valence-corrected chi connectivity index (χ4v) is 2.44. The first-order valence-corrected chi connectivity index (χ1v) is 6.26. The Labute approximate surface area is 119 Å². The van der Waals surface area contributed by atoms with Crippen LogP contribution in [0.5, 0.6) is 0 Å². The Balaban J connectivity index is 2.68. The Morgan fingerprint density at radius 3 is 2.00 bits per heavy atom. The first kappa shape index (κ1) is 14.8. The Bertz CT molecular complexity index is 643. The normalized spacial score (nSPS) is 11.8. The van der Waals surface area contributed by atoms with Crippen LogP contribution >= 0.6 is 11.6 Å². The van der Waals surface area contributed by atoms with Crippen LogP contribution in [0, 0.1) is 20.8 Å². The molecule has 0 saturated carbocycles. The molecular formula is C14H12ClF3N2. The quantitative estimate of drug-likeness (QED) is 0.711. The molecule has 0 aliphatic carbocycles. The van der Waals surface area contributed by atoms with E-state index >= 15 is 0 Å². The highest BCUT2D eigenvalue weighted by Crippen LogP contribution is 2.32. The van der Waals surface area contributed by atoms with Crippen molar-refractivity contribution in [2.45, 2.75) is 26.9 Å². The van der Waals surface area contributed by atoms with E-state index in [1.54, 1.807) is 0 Å². The second-order valence-electron chi connectivity index (χ2n) is 4.67. The molecule has 0 amide bonds. The summed E-state index contributed by atoms with van der Waals surface area (Å²) in [4.78, 5) is 6.84. The highest BCUT2D eigenvalue weighted by atomic mass is 35.5. The SMILES string of the molecule is Cc1cc(C)c(-c2cc(Cl)nc(C(F)(F)F)n2)c(C)c1. The summed E-state index contributed by atoms with van der Waals surface area (Å²) >= 11 is 5.69. The third-order valence-electron chi connectivity index (χ3n) is 2.88. The number of halogens is 4. The van der Waals surface area contributed by atoms with Crippen molar-refractivity contribution < 1.29 is 13.2 Å². The van der Waals surface area contributed by atoms with Gasteiger partial charge in [-0.15, -0.1) is 0 Å². The lowest BCUT2D eigenvalue weighted by molar-refractivity contribution is -0.144. The Hall–Kier alpha value is -1.62. The van der Waals surface area contributed by atoms with E-state index in [0.29, 0.717) is 5.56 Å². The van der Waals surface area contributed by atoms with Crippen molar-refractivity contribution in [3.63, 3.8) is 0 Å². The second kappa shape index (κ2) is 5.05. The summed E-state index contributed by atoms with van der Waals surface area (Å²) in [5.74, 6) is -1.22. The van der Waals surface area contributed by atoms with E-state index in [1.807, 2.05) is 32.9 Å². The fraction of sp³-hybridized carbons (Fsp3) is 0.286. The topological polar surface area (TPSA) is 25.8 Å². The summed E-state index contributed by atoms with van der Waals surface area (Å²) in [5.41, 5.74) is 3.59. The van der Waals surface area contributed by atoms with Gasteiger partial charge >= 0.3 is 6.18 Å². The molecule has 0 bridgehead atoms. The number of aromatic nitrogens is 2. The summed E-state index contributed by atoms with van der Waals surface area (Å²) in [6.45, 7) is 5.59. The highest BCUT2D eigenvalue weighted by Gasteiger charge is 2.35. The molecule has 0 N–H and O–H groups in total. The molecule has 0 aliphatic heterocycles. The molecule has 1 aromatic carbocycles. The van der Waals surface area contributed by atoms with Crippen LogP contribution in [-0.2, 0) is 6.18 Å². The van der Waals surface area contributed by atoms with Crippen molar-refractivity contribution in [1.82, 2.24) is 9.97 Å². The lowest BCUT2D eigenvalue weighted by atomic mass is 9.97. The summed E-state index contributed by atoms with van der Waals surface area (Å²) in [5, 5.41) is -0.221. The van der Waals surface area contributed by atoms with Crippen LogP contribution < -0.4 is 0 Å². The molecule has 2 nitrogen and oxygen atoms in total. The first-order chi connectivity index (χ1) is 9.18. The number of alkyl halides is 3. The summed E-state index contributed by atoms with van der Waals surface area (Å²) in [7, 11) is 0. The van der Waals surface area contributed by atoms with Gasteiger partial charge in [-0.1, -0.05) is 29.3 Å². The summed E-state index contributed by atoms with van der Waals surface area (Å²) in [6, 6.07) is 5.14. The van der Waals surface area contributed by atoms with Gasteiger partial charge in [0, 0.05) is 11.6 Å². The Morgan fingerprint density at radius 2 is 1.50 bits per heavy atom. The zero-order valence-corrected chi connectivity index (χ0v) is 11.9. The van der Waals surface area contributed by atoms with Crippen LogP contribution in [0.2, 0.25) is 5.15 Å². The molecule has 2 aromatic rings. The molecule has 1 heterocycles. The van der Waals surface area contributed by atoms with Crippen LogP contribution in [0.4, 0.5) is 13.2 Å². The van der Waals surface area contributed by atoms with Gasteiger partial charge in [-0.25, -0.2) is 9.97 Å². The largest absolute Gasteiger partial charge is 0.451 e. The zero-order chi connectivity index (χ0) is 15.1. The lowest BCUT2D eigenvalue weighted by Crippen LogP contribution is -2.12. The number of aryl methyl sites for hydroxylation is 3. The molecule has 0 radical (unpaired) electrons. The number of benzene rings is 1. The van der Waals surface area contributed by atoms with E-state index in [0.717, 1.165) is 16.7 Å². The van der Waals surface area contributed by atoms with Gasteiger partial charge in [0.25, 0.3) is 0 Å². The van der Waals surface area contributed by atoms with Gasteiger partial charge in [-0.2, -0.15) is 13.2 Å². The number of hydrogen-bond donors (Lipinski definition) is 0. The van der Waals surface area contributed by atoms with E-state index in [4.69, 9.17) is 11.6 Å². The van der Waals surface area contributed by atoms with Crippen molar-refractivity contribution in [3.8, 4) is 11.3 Å². The first-order valence-electron chi connectivity index (χ1n) is 5.88. The van der Waals surface area contributed by atoms with Crippen molar-refractivity contribution in [3.05, 3.63) is 45.9 Å². The van der Waals surface area contributed by atoms with Crippen molar-refractivity contribution in [2.75, 3.05) is 0 Å². The lowest BCUT2D eigenvalue weighted by Gasteiger charge is -2.13. The van der Waals surface area contributed by atoms with Gasteiger partial charge in [-0.05, 0) is 31.9 Å². The highest BCUT2D eigenvalue weighted by molar-refractivity contribution is 6.29. The van der Waals surface area contributed by atoms with Gasteiger partial charge in [0.1, 0.15) is 5.15 Å². The molecule has 0 unspecified atom stereocenters. The van der Waals surface area contributed by atoms with Crippen molar-refractivity contribution in [2.24, 2.45) is 0 Å². The number of rotatable bonds is 1. The smallest absolute Gasteiger partial charge is 0.224 e. The van der Waals surface area contributed by atoms with E-state index in [2.05, 4.69) is 9.97 Å². The minimum absolute atomic E-state index is 0.187. The molecule has 1 aromatic heterocycles. The van der Waals surface area contributed by atoms with Crippen LogP contribution in [-0.4, -0.2) is 9.97 Å². The molecule has 0 atom stereocenters. The van der Waals surface area contributed by atoms with Gasteiger partial charge in [0.05, 0.1) is 5.69 Å². The monoisotopic (exact) mass is 300 g/mol. The van der Waals surface area contributed by atoms with Gasteiger partial charge in [-0.3, -0.25) is 0 Å². The van der Waals surface area contributed by atoms with Crippen molar-refractivity contribution in [1.29, 1.82) is 0 Å². The van der Waals surface area contributed by atoms with Gasteiger partial charge in [0.15, 0.2) is 0 Å². The molecule has 2 rings (SSSR count). The molecular weight excluding hydrogens is 289 g/mol. The van der Waals surface area contributed by atoms with Gasteiger partial charge in [0.2, 0.25) is 5.82 Å². The van der Waals surface area contributed by atoms with Crippen LogP contribution in [0.1, 0.15) is 22.5 Å². The molecule has 0 spiro atoms. The summed E-state index contributed by atoms with van der Waals surface area (Å²) in [6.07, 6.45) is -4.62. The number of hydrogen-bond acceptors (Lipinski definition) is 2. The number of nitrogens with zero attached hydrogens (tertiary/aromatic N) is 2. The molecule has 106 valence electrons. The summed E-state index contributed by atoms with van der Waals surface area (Å²) < 4.78 is 38.2. The van der Waals surface area contributed by atoms with E-state index < -0.39 is 12.0 Å². The van der Waals surface area contributed by atoms with Crippen LogP contribution in [0.3, 0.4) is 0 Å². The molecule has 0 saturated heterocycles. The molecule has 0 aliphatic rings. The minimum atomic E-state index is -4.62. The zero-order valence-electron chi connectivity index (χ0n) is 11.1. The average molecular weight is 301 g/mol. The van der Waals surface area contributed by atoms with Crippen molar-refractivity contribution >= 4 is 11.6 Å². The van der Waals surface area contributed by atoms with E-state index in [9.17, 15) is 13.2 Å². The average Bonchev–Trinajstić information content (AvgIpc) is 2.25. The van der Waals surface area contributed by atoms with E-state index in [1.165, 1.54) is 6.07 Å². The predicted molar refractivity (Wildman–Crippen MR) is 71.7 cm³/mol. The van der Waals surface area contributed by atoms with Crippen LogP contribution in [0.25, 0.3) is 11.3 Å². The molecule has 20 heavy (non-hydrogen) atoms. The van der Waals surface area contributed by atoms with Gasteiger partial charge < -0.3 is 0 Å². The van der Waals surface area contributed by atoms with E-state index in [-0.39, 0.29) is 10.8 Å². The predicted octanol–water partition coefficient (Wildman–Crippen LogP) is 4.74. The second-order valence-corrected chi connectivity index (χ2v) is 5.06. The minimum Gasteiger partial charge on any atom is -0.224 e. The van der Waals surface area contributed by atoms with Crippen LogP contribution in [0.15, 0.2) is 18.2 Å². The fourth-order valence-electron chi connectivity index (χ4n) is 2.26. The third kappa shape index (κ3) is 2.93. The molecule has 6 heteroatoms. The third-order valence-corrected chi connectivity index (χ3v) is 3.08. The Morgan fingerprint density at radius 1 is 0.950 bits per heavy atom. The maximum absolute atomic E-state index is 12.7.